The molecule has 0 amide bonds. The van der Waals surface area contributed by atoms with E-state index >= 15 is 0 Å². The Labute approximate surface area is 87.4 Å². The molecule has 0 radical (unpaired) electrons. The summed E-state index contributed by atoms with van der Waals surface area (Å²) in [7, 11) is 4.54. The Kier molecular flexibility index (Phi) is 3.42. The van der Waals surface area contributed by atoms with Crippen LogP contribution in [0.15, 0.2) is 0 Å². The molecule has 1 atom stereocenters. The van der Waals surface area contributed by atoms with Crippen molar-refractivity contribution in [2.45, 2.75) is 31.3 Å². The van der Waals surface area contributed by atoms with Gasteiger partial charge in [0.2, 0.25) is 0 Å². The number of hydrogen-bond donors (Lipinski definition) is 1. The minimum atomic E-state index is 0.795. The molecule has 14 heavy (non-hydrogen) atoms. The normalized spacial score (nSPS) is 31.5. The second-order valence-corrected chi connectivity index (χ2v) is 4.85. The topological polar surface area (TPSA) is 18.5 Å². The van der Waals surface area contributed by atoms with Crippen LogP contribution in [0, 0.1) is 0 Å². The smallest absolute Gasteiger partial charge is 0.0232 e. The van der Waals surface area contributed by atoms with Gasteiger partial charge in [-0.25, -0.2) is 0 Å². The molecule has 0 aromatic heterocycles. The Bertz CT molecular complexity index is 169. The van der Waals surface area contributed by atoms with E-state index in [4.69, 9.17) is 0 Å². The molecule has 1 N–H and O–H groups in total. The van der Waals surface area contributed by atoms with Gasteiger partial charge in [-0.1, -0.05) is 0 Å². The molecule has 3 nitrogen and oxygen atoms in total. The van der Waals surface area contributed by atoms with Gasteiger partial charge in [0.1, 0.15) is 0 Å². The Morgan fingerprint density at radius 2 is 1.86 bits per heavy atom. The molecule has 0 saturated carbocycles. The van der Waals surface area contributed by atoms with Crippen molar-refractivity contribution in [3.63, 3.8) is 0 Å². The average molecular weight is 197 g/mol. The van der Waals surface area contributed by atoms with Crippen molar-refractivity contribution in [2.75, 3.05) is 40.3 Å². The van der Waals surface area contributed by atoms with Crippen molar-refractivity contribution in [1.29, 1.82) is 0 Å². The zero-order valence-electron chi connectivity index (χ0n) is 9.50. The monoisotopic (exact) mass is 197 g/mol. The van der Waals surface area contributed by atoms with Crippen molar-refractivity contribution < 1.29 is 0 Å². The fourth-order valence-electron chi connectivity index (χ4n) is 2.69. The molecule has 82 valence electrons. The molecule has 2 heterocycles. The van der Waals surface area contributed by atoms with Gasteiger partial charge in [-0.2, -0.15) is 0 Å². The van der Waals surface area contributed by atoms with Crippen LogP contribution in [-0.2, 0) is 0 Å². The van der Waals surface area contributed by atoms with E-state index in [9.17, 15) is 0 Å². The lowest BCUT2D eigenvalue weighted by molar-refractivity contribution is 0.114. The van der Waals surface area contributed by atoms with Gasteiger partial charge < -0.3 is 10.2 Å². The molecule has 0 spiro atoms. The highest BCUT2D eigenvalue weighted by Gasteiger charge is 2.27. The van der Waals surface area contributed by atoms with Crippen LogP contribution in [-0.4, -0.2) is 62.2 Å². The van der Waals surface area contributed by atoms with Crippen molar-refractivity contribution in [3.8, 4) is 0 Å². The SMILES string of the molecule is CN1CCC(N(C)[C@H]2CCNC2)CC1. The van der Waals surface area contributed by atoms with E-state index in [-0.39, 0.29) is 0 Å². The molecule has 0 aromatic carbocycles. The molecule has 0 aliphatic carbocycles. The van der Waals surface area contributed by atoms with Crippen molar-refractivity contribution in [2.24, 2.45) is 0 Å². The van der Waals surface area contributed by atoms with E-state index in [1.165, 1.54) is 45.4 Å². The van der Waals surface area contributed by atoms with Gasteiger partial charge in [0, 0.05) is 18.6 Å². The third kappa shape index (κ3) is 2.27. The summed E-state index contributed by atoms with van der Waals surface area (Å²) >= 11 is 0. The number of hydrogen-bond acceptors (Lipinski definition) is 3. The highest BCUT2D eigenvalue weighted by atomic mass is 15.2. The first-order valence-corrected chi connectivity index (χ1v) is 5.88. The summed E-state index contributed by atoms with van der Waals surface area (Å²) in [5.74, 6) is 0. The lowest BCUT2D eigenvalue weighted by Crippen LogP contribution is -2.46. The first-order valence-electron chi connectivity index (χ1n) is 5.88. The number of likely N-dealkylation sites (N-methyl/N-ethyl adjacent to an activating group) is 1. The number of rotatable bonds is 2. The van der Waals surface area contributed by atoms with Crippen LogP contribution < -0.4 is 5.32 Å². The van der Waals surface area contributed by atoms with Gasteiger partial charge in [-0.05, 0) is 53.0 Å². The molecule has 2 aliphatic rings. The van der Waals surface area contributed by atoms with E-state index in [0.29, 0.717) is 0 Å². The second kappa shape index (κ2) is 4.60. The van der Waals surface area contributed by atoms with Crippen LogP contribution >= 0.6 is 0 Å². The quantitative estimate of drug-likeness (QED) is 0.690. The number of nitrogens with zero attached hydrogens (tertiary/aromatic N) is 2. The van der Waals surface area contributed by atoms with Crippen LogP contribution in [0.1, 0.15) is 19.3 Å². The van der Waals surface area contributed by atoms with Crippen LogP contribution in [0.5, 0.6) is 0 Å². The maximum absolute atomic E-state index is 3.45. The largest absolute Gasteiger partial charge is 0.315 e. The minimum absolute atomic E-state index is 0.795. The average Bonchev–Trinajstić information content (AvgIpc) is 2.71. The lowest BCUT2D eigenvalue weighted by Gasteiger charge is -2.38. The summed E-state index contributed by atoms with van der Waals surface area (Å²) in [5.41, 5.74) is 0. The molecule has 0 bridgehead atoms. The summed E-state index contributed by atoms with van der Waals surface area (Å²) in [6, 6.07) is 1.62. The summed E-state index contributed by atoms with van der Waals surface area (Å²) in [6.45, 7) is 4.95. The maximum Gasteiger partial charge on any atom is 0.0232 e. The Morgan fingerprint density at radius 1 is 1.14 bits per heavy atom. The van der Waals surface area contributed by atoms with Crippen LogP contribution in [0.4, 0.5) is 0 Å². The molecule has 0 unspecified atom stereocenters. The Morgan fingerprint density at radius 3 is 2.43 bits per heavy atom. The number of nitrogens with one attached hydrogen (secondary N) is 1. The fraction of sp³-hybridized carbons (Fsp3) is 1.00. The van der Waals surface area contributed by atoms with Crippen LogP contribution in [0.2, 0.25) is 0 Å². The van der Waals surface area contributed by atoms with E-state index in [1.54, 1.807) is 0 Å². The van der Waals surface area contributed by atoms with E-state index in [2.05, 4.69) is 29.2 Å². The van der Waals surface area contributed by atoms with Crippen molar-refractivity contribution in [3.05, 3.63) is 0 Å². The fourth-order valence-corrected chi connectivity index (χ4v) is 2.69. The molecule has 2 rings (SSSR count). The molecule has 2 fully saturated rings. The Hall–Kier alpha value is -0.120. The van der Waals surface area contributed by atoms with Gasteiger partial charge in [0.25, 0.3) is 0 Å². The molecule has 3 heteroatoms. The summed E-state index contributed by atoms with van der Waals surface area (Å²) in [5, 5.41) is 3.45. The van der Waals surface area contributed by atoms with Crippen molar-refractivity contribution >= 4 is 0 Å². The zero-order chi connectivity index (χ0) is 9.97. The van der Waals surface area contributed by atoms with Gasteiger partial charge >= 0.3 is 0 Å². The Balaban J connectivity index is 1.82. The number of likely N-dealkylation sites (tertiary alicyclic amines) is 1. The molecule has 2 aliphatic heterocycles. The standard InChI is InChI=1S/C11H23N3/c1-13-7-4-10(5-8-13)14(2)11-3-6-12-9-11/h10-12H,3-9H2,1-2H3/t11-/m0/s1. The number of piperidine rings is 1. The van der Waals surface area contributed by atoms with E-state index in [1.807, 2.05) is 0 Å². The summed E-state index contributed by atoms with van der Waals surface area (Å²) in [4.78, 5) is 5.06. The lowest BCUT2D eigenvalue weighted by atomic mass is 10.0. The minimum Gasteiger partial charge on any atom is -0.315 e. The van der Waals surface area contributed by atoms with Gasteiger partial charge in [-0.3, -0.25) is 4.90 Å². The predicted molar refractivity (Wildman–Crippen MR) is 59.6 cm³/mol. The highest BCUT2D eigenvalue weighted by molar-refractivity contribution is 4.85. The zero-order valence-corrected chi connectivity index (χ0v) is 9.50. The molecular weight excluding hydrogens is 174 g/mol. The summed E-state index contributed by atoms with van der Waals surface area (Å²) < 4.78 is 0. The molecule has 2 saturated heterocycles. The van der Waals surface area contributed by atoms with Gasteiger partial charge in [-0.15, -0.1) is 0 Å². The third-order valence-corrected chi connectivity index (χ3v) is 3.87. The van der Waals surface area contributed by atoms with Gasteiger partial charge in [0.05, 0.1) is 0 Å². The van der Waals surface area contributed by atoms with Crippen molar-refractivity contribution in [1.82, 2.24) is 15.1 Å². The third-order valence-electron chi connectivity index (χ3n) is 3.87. The highest BCUT2D eigenvalue weighted by Crippen LogP contribution is 2.18. The summed E-state index contributed by atoms with van der Waals surface area (Å²) in [6.07, 6.45) is 4.04. The van der Waals surface area contributed by atoms with E-state index in [0.717, 1.165) is 12.1 Å². The van der Waals surface area contributed by atoms with Crippen LogP contribution in [0.3, 0.4) is 0 Å². The van der Waals surface area contributed by atoms with Crippen LogP contribution in [0.25, 0.3) is 0 Å². The molecule has 0 aromatic rings. The van der Waals surface area contributed by atoms with Gasteiger partial charge in [0.15, 0.2) is 0 Å². The maximum atomic E-state index is 3.45. The first kappa shape index (κ1) is 10.4. The predicted octanol–water partition coefficient (Wildman–Crippen LogP) is 0.374. The first-order chi connectivity index (χ1) is 6.77. The molecular formula is C11H23N3. The second-order valence-electron chi connectivity index (χ2n) is 4.85. The van der Waals surface area contributed by atoms with E-state index < -0.39 is 0 Å².